The summed E-state index contributed by atoms with van der Waals surface area (Å²) < 4.78 is 0. The molecule has 2 rings (SSSR count). The normalized spacial score (nSPS) is 12.4. The molecule has 0 fully saturated rings. The zero-order chi connectivity index (χ0) is 14.7. The first-order chi connectivity index (χ1) is 9.47. The maximum Gasteiger partial charge on any atom is 0.138 e. The van der Waals surface area contributed by atoms with Crippen molar-refractivity contribution in [1.82, 2.24) is 5.32 Å². The van der Waals surface area contributed by atoms with E-state index in [1.54, 1.807) is 6.07 Å². The number of nitrogens with one attached hydrogen (secondary N) is 1. The minimum atomic E-state index is 0.0619. The van der Waals surface area contributed by atoms with Gasteiger partial charge in [-0.05, 0) is 36.8 Å². The van der Waals surface area contributed by atoms with Crippen molar-refractivity contribution in [2.75, 3.05) is 0 Å². The number of aromatic hydroxyl groups is 1. The van der Waals surface area contributed by atoms with Crippen LogP contribution in [0.1, 0.15) is 24.1 Å². The maximum atomic E-state index is 9.89. The maximum absolute atomic E-state index is 9.89. The molecule has 0 radical (unpaired) electrons. The molecule has 0 aliphatic carbocycles. The summed E-state index contributed by atoms with van der Waals surface area (Å²) in [6.07, 6.45) is 0. The molecule has 0 unspecified atom stereocenters. The van der Waals surface area contributed by atoms with Crippen LogP contribution in [0.3, 0.4) is 0 Å². The lowest BCUT2D eigenvalue weighted by atomic mass is 10.1. The average Bonchev–Trinajstić information content (AvgIpc) is 2.41. The van der Waals surface area contributed by atoms with E-state index in [9.17, 15) is 5.11 Å². The smallest absolute Gasteiger partial charge is 0.138 e. The minimum Gasteiger partial charge on any atom is -0.506 e. The fourth-order valence-electron chi connectivity index (χ4n) is 1.89. The van der Waals surface area contributed by atoms with Crippen molar-refractivity contribution in [2.24, 2.45) is 0 Å². The topological polar surface area (TPSA) is 32.3 Å². The number of halogens is 3. The first kappa shape index (κ1) is 15.5. The Bertz CT molecular complexity index is 599. The van der Waals surface area contributed by atoms with Crippen molar-refractivity contribution in [3.63, 3.8) is 0 Å². The van der Waals surface area contributed by atoms with Crippen LogP contribution in [0.4, 0.5) is 0 Å². The van der Waals surface area contributed by atoms with Crippen LogP contribution in [0.25, 0.3) is 0 Å². The molecule has 0 aliphatic heterocycles. The van der Waals surface area contributed by atoms with Gasteiger partial charge in [0.2, 0.25) is 0 Å². The Morgan fingerprint density at radius 2 is 1.70 bits per heavy atom. The predicted molar refractivity (Wildman–Crippen MR) is 84.8 cm³/mol. The van der Waals surface area contributed by atoms with E-state index in [-0.39, 0.29) is 16.8 Å². The largest absolute Gasteiger partial charge is 0.506 e. The van der Waals surface area contributed by atoms with Gasteiger partial charge in [-0.3, -0.25) is 0 Å². The van der Waals surface area contributed by atoms with E-state index in [0.29, 0.717) is 22.2 Å². The van der Waals surface area contributed by atoms with Gasteiger partial charge in [-0.15, -0.1) is 0 Å². The molecule has 106 valence electrons. The Morgan fingerprint density at radius 1 is 1.05 bits per heavy atom. The van der Waals surface area contributed by atoms with E-state index in [1.165, 1.54) is 6.07 Å². The Labute approximate surface area is 133 Å². The van der Waals surface area contributed by atoms with Gasteiger partial charge >= 0.3 is 0 Å². The molecule has 1 atom stereocenters. The highest BCUT2D eigenvalue weighted by atomic mass is 35.5. The lowest BCUT2D eigenvalue weighted by molar-refractivity contribution is 0.460. The molecule has 5 heteroatoms. The summed E-state index contributed by atoms with van der Waals surface area (Å²) in [4.78, 5) is 0. The van der Waals surface area contributed by atoms with Crippen molar-refractivity contribution in [3.8, 4) is 5.75 Å². The van der Waals surface area contributed by atoms with Crippen LogP contribution in [-0.2, 0) is 6.54 Å². The molecule has 0 aliphatic rings. The number of hydrogen-bond donors (Lipinski definition) is 2. The number of phenols is 1. The van der Waals surface area contributed by atoms with Crippen LogP contribution < -0.4 is 5.32 Å². The molecule has 0 heterocycles. The van der Waals surface area contributed by atoms with Crippen molar-refractivity contribution in [1.29, 1.82) is 0 Å². The Hall–Kier alpha value is -0.930. The third-order valence-corrected chi connectivity index (χ3v) is 3.83. The average molecular weight is 331 g/mol. The van der Waals surface area contributed by atoms with Gasteiger partial charge in [0.15, 0.2) is 0 Å². The predicted octanol–water partition coefficient (Wildman–Crippen LogP) is 5.20. The van der Waals surface area contributed by atoms with Gasteiger partial charge in [-0.25, -0.2) is 0 Å². The molecule has 20 heavy (non-hydrogen) atoms. The summed E-state index contributed by atoms with van der Waals surface area (Å²) in [5.41, 5.74) is 1.78. The summed E-state index contributed by atoms with van der Waals surface area (Å²) >= 11 is 17.7. The Morgan fingerprint density at radius 3 is 2.35 bits per heavy atom. The molecule has 2 aromatic carbocycles. The monoisotopic (exact) mass is 329 g/mol. The molecule has 0 aromatic heterocycles. The van der Waals surface area contributed by atoms with Gasteiger partial charge in [-0.2, -0.15) is 0 Å². The van der Waals surface area contributed by atoms with Crippen LogP contribution >= 0.6 is 34.8 Å². The highest BCUT2D eigenvalue weighted by Gasteiger charge is 2.10. The lowest BCUT2D eigenvalue weighted by Gasteiger charge is -2.15. The zero-order valence-electron chi connectivity index (χ0n) is 10.8. The van der Waals surface area contributed by atoms with Crippen LogP contribution in [0.15, 0.2) is 36.4 Å². The second kappa shape index (κ2) is 6.68. The molecule has 2 nitrogen and oxygen atoms in total. The molecule has 2 N–H and O–H groups in total. The van der Waals surface area contributed by atoms with Crippen LogP contribution in [0.5, 0.6) is 5.75 Å². The number of hydrogen-bond acceptors (Lipinski definition) is 2. The van der Waals surface area contributed by atoms with E-state index >= 15 is 0 Å². The summed E-state index contributed by atoms with van der Waals surface area (Å²) in [5.74, 6) is 0.0619. The fraction of sp³-hybridized carbons (Fsp3) is 0.200. The number of benzene rings is 2. The van der Waals surface area contributed by atoms with Gasteiger partial charge < -0.3 is 10.4 Å². The molecule has 0 bridgehead atoms. The highest BCUT2D eigenvalue weighted by molar-refractivity contribution is 6.35. The van der Waals surface area contributed by atoms with E-state index in [0.717, 1.165) is 5.56 Å². The second-order valence-electron chi connectivity index (χ2n) is 4.55. The van der Waals surface area contributed by atoms with E-state index in [1.807, 2.05) is 31.2 Å². The van der Waals surface area contributed by atoms with Crippen molar-refractivity contribution >= 4 is 34.8 Å². The third-order valence-electron chi connectivity index (χ3n) is 3.08. The van der Waals surface area contributed by atoms with Gasteiger partial charge in [0.05, 0.1) is 5.02 Å². The highest BCUT2D eigenvalue weighted by Crippen LogP contribution is 2.31. The van der Waals surface area contributed by atoms with E-state index < -0.39 is 0 Å². The quantitative estimate of drug-likeness (QED) is 0.807. The zero-order valence-corrected chi connectivity index (χ0v) is 13.1. The van der Waals surface area contributed by atoms with E-state index in [4.69, 9.17) is 34.8 Å². The van der Waals surface area contributed by atoms with Crippen LogP contribution in [0, 0.1) is 0 Å². The molecular formula is C15H14Cl3NO. The Kier molecular flexibility index (Phi) is 5.17. The lowest BCUT2D eigenvalue weighted by Crippen LogP contribution is -2.18. The first-order valence-corrected chi connectivity index (χ1v) is 7.26. The molecule has 0 spiro atoms. The van der Waals surface area contributed by atoms with Gasteiger partial charge in [0, 0.05) is 28.2 Å². The number of phenolic OH excluding ortho intramolecular Hbond substituents is 1. The Balaban J connectivity index is 2.07. The standard InChI is InChI=1S/C15H14Cl3NO/c1-9(10-2-4-12(16)5-3-10)19-8-11-6-13(17)7-14(18)15(11)20/h2-7,9,19-20H,8H2,1H3/t9-/m1/s1. The molecule has 0 saturated heterocycles. The van der Waals surface area contributed by atoms with Gasteiger partial charge in [0.25, 0.3) is 0 Å². The van der Waals surface area contributed by atoms with Crippen molar-refractivity contribution in [2.45, 2.75) is 19.5 Å². The molecule has 2 aromatic rings. The third kappa shape index (κ3) is 3.80. The summed E-state index contributed by atoms with van der Waals surface area (Å²) in [7, 11) is 0. The SMILES string of the molecule is C[C@@H](NCc1cc(Cl)cc(Cl)c1O)c1ccc(Cl)cc1. The molecule has 0 saturated carbocycles. The summed E-state index contributed by atoms with van der Waals surface area (Å²) in [6, 6.07) is 11.0. The van der Waals surface area contributed by atoms with Crippen molar-refractivity contribution < 1.29 is 5.11 Å². The minimum absolute atomic E-state index is 0.0619. The van der Waals surface area contributed by atoms with Crippen LogP contribution in [-0.4, -0.2) is 5.11 Å². The van der Waals surface area contributed by atoms with E-state index in [2.05, 4.69) is 5.32 Å². The second-order valence-corrected chi connectivity index (χ2v) is 5.83. The molecular weight excluding hydrogens is 317 g/mol. The molecule has 0 amide bonds. The van der Waals surface area contributed by atoms with Crippen LogP contribution in [0.2, 0.25) is 15.1 Å². The fourth-order valence-corrected chi connectivity index (χ4v) is 2.55. The first-order valence-electron chi connectivity index (χ1n) is 6.13. The number of rotatable bonds is 4. The summed E-state index contributed by atoms with van der Waals surface area (Å²) in [5, 5.41) is 14.7. The summed E-state index contributed by atoms with van der Waals surface area (Å²) in [6.45, 7) is 2.50. The van der Waals surface area contributed by atoms with Gasteiger partial charge in [0.1, 0.15) is 5.75 Å². The van der Waals surface area contributed by atoms with Crippen molar-refractivity contribution in [3.05, 3.63) is 62.6 Å². The van der Waals surface area contributed by atoms with Gasteiger partial charge in [-0.1, -0.05) is 46.9 Å².